The summed E-state index contributed by atoms with van der Waals surface area (Å²) >= 11 is 6.04. The minimum Gasteiger partial charge on any atom is -0.381 e. The van der Waals surface area contributed by atoms with E-state index in [0.717, 1.165) is 43.8 Å². The Bertz CT molecular complexity index is 426. The number of ether oxygens (including phenoxy) is 1. The van der Waals surface area contributed by atoms with Crippen LogP contribution >= 0.6 is 11.6 Å². The smallest absolute Gasteiger partial charge is 0.0507 e. The van der Waals surface area contributed by atoms with Gasteiger partial charge in [0.05, 0.1) is 6.61 Å². The number of benzene rings is 1. The lowest BCUT2D eigenvalue weighted by Gasteiger charge is -2.35. The molecular formula is C16H23ClN2O. The molecular weight excluding hydrogens is 272 g/mol. The first-order valence-corrected chi connectivity index (χ1v) is 7.94. The van der Waals surface area contributed by atoms with Crippen LogP contribution in [0.25, 0.3) is 0 Å². The van der Waals surface area contributed by atoms with Crippen molar-refractivity contribution in [3.63, 3.8) is 0 Å². The molecule has 0 aromatic heterocycles. The highest BCUT2D eigenvalue weighted by Gasteiger charge is 2.22. The Kier molecular flexibility index (Phi) is 4.94. The normalized spacial score (nSPS) is 25.1. The fourth-order valence-corrected chi connectivity index (χ4v) is 3.33. The second-order valence-corrected chi connectivity index (χ2v) is 6.37. The fourth-order valence-electron chi connectivity index (χ4n) is 3.12. The molecule has 1 aromatic rings. The molecule has 20 heavy (non-hydrogen) atoms. The fraction of sp³-hybridized carbons (Fsp3) is 0.625. The van der Waals surface area contributed by atoms with Crippen molar-refractivity contribution in [2.75, 3.05) is 45.9 Å². The van der Waals surface area contributed by atoms with E-state index in [0.29, 0.717) is 0 Å². The average Bonchev–Trinajstić information content (AvgIpc) is 2.94. The maximum atomic E-state index is 6.04. The molecule has 3 nitrogen and oxygen atoms in total. The lowest BCUT2D eigenvalue weighted by molar-refractivity contribution is 0.107. The van der Waals surface area contributed by atoms with Crippen LogP contribution in [0.1, 0.15) is 12.0 Å². The number of halogens is 1. The summed E-state index contributed by atoms with van der Waals surface area (Å²) in [7, 11) is 0. The van der Waals surface area contributed by atoms with Crippen LogP contribution in [0.3, 0.4) is 0 Å². The Balaban J connectivity index is 1.43. The molecule has 4 heteroatoms. The molecule has 0 unspecified atom stereocenters. The standard InChI is InChI=1S/C16H23ClN2O/c17-16-3-1-2-14(10-16)11-18-5-7-19(8-6-18)12-15-4-9-20-13-15/h1-3,10,15H,4-9,11-13H2/t15-/m0/s1. The van der Waals surface area contributed by atoms with Gasteiger partial charge >= 0.3 is 0 Å². The largest absolute Gasteiger partial charge is 0.381 e. The monoisotopic (exact) mass is 294 g/mol. The van der Waals surface area contributed by atoms with Gasteiger partial charge in [0.25, 0.3) is 0 Å². The molecule has 0 amide bonds. The van der Waals surface area contributed by atoms with Gasteiger partial charge in [0.2, 0.25) is 0 Å². The van der Waals surface area contributed by atoms with E-state index in [1.807, 2.05) is 12.1 Å². The Labute approximate surface area is 126 Å². The number of hydrogen-bond donors (Lipinski definition) is 0. The zero-order valence-electron chi connectivity index (χ0n) is 11.9. The molecule has 2 aliphatic rings. The minimum atomic E-state index is 0.759. The molecule has 0 radical (unpaired) electrons. The molecule has 1 atom stereocenters. The summed E-state index contributed by atoms with van der Waals surface area (Å²) in [5.41, 5.74) is 1.31. The molecule has 0 N–H and O–H groups in total. The van der Waals surface area contributed by atoms with E-state index < -0.39 is 0 Å². The lowest BCUT2D eigenvalue weighted by atomic mass is 10.1. The molecule has 2 aliphatic heterocycles. The lowest BCUT2D eigenvalue weighted by Crippen LogP contribution is -2.47. The average molecular weight is 295 g/mol. The molecule has 0 spiro atoms. The summed E-state index contributed by atoms with van der Waals surface area (Å²) in [6.45, 7) is 8.81. The van der Waals surface area contributed by atoms with Gasteiger partial charge in [-0.3, -0.25) is 4.90 Å². The number of piperazine rings is 1. The zero-order valence-corrected chi connectivity index (χ0v) is 12.7. The Morgan fingerprint density at radius 1 is 1.15 bits per heavy atom. The second kappa shape index (κ2) is 6.90. The van der Waals surface area contributed by atoms with Crippen molar-refractivity contribution in [2.45, 2.75) is 13.0 Å². The van der Waals surface area contributed by atoms with Crippen molar-refractivity contribution in [2.24, 2.45) is 5.92 Å². The highest BCUT2D eigenvalue weighted by molar-refractivity contribution is 6.30. The molecule has 2 heterocycles. The van der Waals surface area contributed by atoms with Gasteiger partial charge in [-0.2, -0.15) is 0 Å². The van der Waals surface area contributed by atoms with E-state index >= 15 is 0 Å². The molecule has 2 fully saturated rings. The van der Waals surface area contributed by atoms with Crippen molar-refractivity contribution in [1.82, 2.24) is 9.80 Å². The van der Waals surface area contributed by atoms with Gasteiger partial charge in [0.15, 0.2) is 0 Å². The van der Waals surface area contributed by atoms with Crippen LogP contribution in [0.4, 0.5) is 0 Å². The van der Waals surface area contributed by atoms with Gasteiger partial charge in [0.1, 0.15) is 0 Å². The predicted molar refractivity (Wildman–Crippen MR) is 82.1 cm³/mol. The predicted octanol–water partition coefficient (Wildman–Crippen LogP) is 2.49. The van der Waals surface area contributed by atoms with Gasteiger partial charge < -0.3 is 9.64 Å². The number of rotatable bonds is 4. The third kappa shape index (κ3) is 3.95. The van der Waals surface area contributed by atoms with Gasteiger partial charge in [-0.05, 0) is 30.0 Å². The van der Waals surface area contributed by atoms with Crippen LogP contribution in [0.15, 0.2) is 24.3 Å². The summed E-state index contributed by atoms with van der Waals surface area (Å²) < 4.78 is 5.46. The first kappa shape index (κ1) is 14.3. The maximum Gasteiger partial charge on any atom is 0.0507 e. The zero-order chi connectivity index (χ0) is 13.8. The van der Waals surface area contributed by atoms with E-state index in [-0.39, 0.29) is 0 Å². The minimum absolute atomic E-state index is 0.759. The first-order valence-electron chi connectivity index (χ1n) is 7.56. The van der Waals surface area contributed by atoms with Crippen molar-refractivity contribution in [3.05, 3.63) is 34.9 Å². The van der Waals surface area contributed by atoms with Gasteiger partial charge in [-0.1, -0.05) is 23.7 Å². The highest BCUT2D eigenvalue weighted by atomic mass is 35.5. The molecule has 0 saturated carbocycles. The van der Waals surface area contributed by atoms with Gasteiger partial charge in [-0.25, -0.2) is 0 Å². The Hall–Kier alpha value is -0.610. The molecule has 0 aliphatic carbocycles. The molecule has 110 valence electrons. The molecule has 3 rings (SSSR count). The summed E-state index contributed by atoms with van der Waals surface area (Å²) in [4.78, 5) is 5.11. The van der Waals surface area contributed by atoms with Crippen LogP contribution in [0.2, 0.25) is 5.02 Å². The van der Waals surface area contributed by atoms with E-state index in [2.05, 4.69) is 21.9 Å². The van der Waals surface area contributed by atoms with E-state index in [4.69, 9.17) is 16.3 Å². The van der Waals surface area contributed by atoms with Crippen molar-refractivity contribution >= 4 is 11.6 Å². The number of nitrogens with zero attached hydrogens (tertiary/aromatic N) is 2. The van der Waals surface area contributed by atoms with Crippen molar-refractivity contribution in [3.8, 4) is 0 Å². The third-order valence-electron chi connectivity index (χ3n) is 4.30. The Morgan fingerprint density at radius 3 is 2.65 bits per heavy atom. The van der Waals surface area contributed by atoms with Gasteiger partial charge in [-0.15, -0.1) is 0 Å². The summed E-state index contributed by atoms with van der Waals surface area (Å²) in [5.74, 6) is 0.759. The number of hydrogen-bond acceptors (Lipinski definition) is 3. The van der Waals surface area contributed by atoms with Crippen LogP contribution in [0, 0.1) is 5.92 Å². The molecule has 0 bridgehead atoms. The van der Waals surface area contributed by atoms with Crippen LogP contribution in [-0.4, -0.2) is 55.7 Å². The second-order valence-electron chi connectivity index (χ2n) is 5.94. The van der Waals surface area contributed by atoms with Crippen molar-refractivity contribution in [1.29, 1.82) is 0 Å². The first-order chi connectivity index (χ1) is 9.79. The molecule has 1 aromatic carbocycles. The highest BCUT2D eigenvalue weighted by Crippen LogP contribution is 2.17. The van der Waals surface area contributed by atoms with Crippen LogP contribution < -0.4 is 0 Å². The van der Waals surface area contributed by atoms with E-state index in [1.54, 1.807) is 0 Å². The summed E-state index contributed by atoms with van der Waals surface area (Å²) in [5, 5.41) is 0.836. The maximum absolute atomic E-state index is 6.04. The SMILES string of the molecule is Clc1cccc(CN2CCN(C[C@@H]3CCOC3)CC2)c1. The van der Waals surface area contributed by atoms with Crippen molar-refractivity contribution < 1.29 is 4.74 Å². The topological polar surface area (TPSA) is 15.7 Å². The summed E-state index contributed by atoms with van der Waals surface area (Å²) in [6.07, 6.45) is 1.24. The van der Waals surface area contributed by atoms with Gasteiger partial charge in [0, 0.05) is 50.9 Å². The van der Waals surface area contributed by atoms with Crippen LogP contribution in [-0.2, 0) is 11.3 Å². The summed E-state index contributed by atoms with van der Waals surface area (Å²) in [6, 6.07) is 8.21. The van der Waals surface area contributed by atoms with E-state index in [1.165, 1.54) is 31.6 Å². The Morgan fingerprint density at radius 2 is 1.95 bits per heavy atom. The third-order valence-corrected chi connectivity index (χ3v) is 4.54. The molecule has 2 saturated heterocycles. The quantitative estimate of drug-likeness (QED) is 0.848. The van der Waals surface area contributed by atoms with E-state index in [9.17, 15) is 0 Å². The van der Waals surface area contributed by atoms with Crippen LogP contribution in [0.5, 0.6) is 0 Å².